The number of nitrogens with zero attached hydrogens (tertiary/aromatic N) is 1. The summed E-state index contributed by atoms with van der Waals surface area (Å²) in [6.07, 6.45) is 34.8. The minimum atomic E-state index is -4.27. The molecule has 0 aromatic rings. The monoisotopic (exact) mass is 703 g/mol. The third-order valence-corrected chi connectivity index (χ3v) is 9.22. The summed E-state index contributed by atoms with van der Waals surface area (Å²) in [6, 6.07) is 0. The number of carbonyl (C=O) groups excluding carboxylic acids is 1. The predicted octanol–water partition coefficient (Wildman–Crippen LogP) is 10.9. The Balaban J connectivity index is 4.32. The summed E-state index contributed by atoms with van der Waals surface area (Å²) in [5.41, 5.74) is 0. The fourth-order valence-corrected chi connectivity index (χ4v) is 5.87. The van der Waals surface area contributed by atoms with Crippen molar-refractivity contribution < 1.29 is 37.3 Å². The van der Waals surface area contributed by atoms with Crippen molar-refractivity contribution in [2.45, 2.75) is 168 Å². The van der Waals surface area contributed by atoms with Crippen molar-refractivity contribution >= 4 is 13.8 Å². The molecule has 0 fully saturated rings. The molecule has 0 aromatic heterocycles. The minimum absolute atomic E-state index is 0.0866. The Bertz CT molecular complexity index is 828. The lowest BCUT2D eigenvalue weighted by atomic mass is 10.1. The Morgan fingerprint density at radius 3 is 1.62 bits per heavy atom. The molecule has 2 atom stereocenters. The van der Waals surface area contributed by atoms with Crippen LogP contribution in [0.2, 0.25) is 0 Å². The molecule has 0 saturated heterocycles. The Hall–Kier alpha value is -1.02. The van der Waals surface area contributed by atoms with Crippen LogP contribution in [-0.4, -0.2) is 75.6 Å². The van der Waals surface area contributed by atoms with Crippen molar-refractivity contribution in [3.8, 4) is 0 Å². The first kappa shape index (κ1) is 47.0. The van der Waals surface area contributed by atoms with E-state index in [1.807, 2.05) is 21.1 Å². The van der Waals surface area contributed by atoms with Crippen molar-refractivity contribution in [1.82, 2.24) is 0 Å². The molecule has 0 heterocycles. The molecule has 0 radical (unpaired) electrons. The van der Waals surface area contributed by atoms with Gasteiger partial charge in [-0.3, -0.25) is 13.8 Å². The lowest BCUT2D eigenvalue weighted by Crippen LogP contribution is -2.37. The fourth-order valence-electron chi connectivity index (χ4n) is 5.13. The standard InChI is InChI=1S/C39H76NO7P/c1-6-8-10-12-14-16-18-20-22-24-26-28-30-32-39(41)47-38(37-46-48(42,43)45-35-33-40(3,4)5)36-44-34-31-29-27-25-23-21-19-17-15-13-11-9-7-2/h15-18,38H,6-14,19-37H2,1-5H3/p+1/b17-15-,18-16-. The Morgan fingerprint density at radius 2 is 1.08 bits per heavy atom. The average molecular weight is 703 g/mol. The van der Waals surface area contributed by atoms with E-state index in [2.05, 4.69) is 38.2 Å². The number of unbranched alkanes of at least 4 members (excludes halogenated alkanes) is 18. The summed E-state index contributed by atoms with van der Waals surface area (Å²) in [5, 5.41) is 0. The highest BCUT2D eigenvalue weighted by atomic mass is 31.2. The highest BCUT2D eigenvalue weighted by Crippen LogP contribution is 2.43. The molecule has 0 saturated carbocycles. The van der Waals surface area contributed by atoms with Crippen molar-refractivity contribution in [2.75, 3.05) is 54.1 Å². The molecule has 48 heavy (non-hydrogen) atoms. The molecule has 9 heteroatoms. The molecule has 0 aliphatic heterocycles. The van der Waals surface area contributed by atoms with Crippen LogP contribution in [0.25, 0.3) is 0 Å². The highest BCUT2D eigenvalue weighted by Gasteiger charge is 2.26. The van der Waals surface area contributed by atoms with Gasteiger partial charge in [-0.05, 0) is 64.2 Å². The number of ether oxygens (including phenoxy) is 2. The van der Waals surface area contributed by atoms with Crippen LogP contribution in [0.4, 0.5) is 0 Å². The lowest BCUT2D eigenvalue weighted by Gasteiger charge is -2.24. The number of quaternary nitrogens is 1. The maximum atomic E-state index is 12.6. The second kappa shape index (κ2) is 33.1. The third kappa shape index (κ3) is 36.3. The first-order valence-corrected chi connectivity index (χ1v) is 21.1. The third-order valence-electron chi connectivity index (χ3n) is 8.24. The van der Waals surface area contributed by atoms with E-state index in [-0.39, 0.29) is 25.8 Å². The number of esters is 1. The van der Waals surface area contributed by atoms with Gasteiger partial charge >= 0.3 is 13.8 Å². The first-order valence-electron chi connectivity index (χ1n) is 19.6. The summed E-state index contributed by atoms with van der Waals surface area (Å²) < 4.78 is 34.8. The summed E-state index contributed by atoms with van der Waals surface area (Å²) in [4.78, 5) is 22.8. The number of likely N-dealkylation sites (N-methyl/N-ethyl adjacent to an activating group) is 1. The maximum absolute atomic E-state index is 12.6. The second-order valence-electron chi connectivity index (χ2n) is 14.3. The van der Waals surface area contributed by atoms with E-state index in [9.17, 15) is 14.3 Å². The zero-order valence-electron chi connectivity index (χ0n) is 32.0. The molecular weight excluding hydrogens is 625 g/mol. The molecular formula is C39H77NO7P+. The normalized spacial score (nSPS) is 14.2. The van der Waals surface area contributed by atoms with Crippen LogP contribution >= 0.6 is 7.82 Å². The van der Waals surface area contributed by atoms with Crippen molar-refractivity contribution in [3.05, 3.63) is 24.3 Å². The van der Waals surface area contributed by atoms with Crippen molar-refractivity contribution in [3.63, 3.8) is 0 Å². The van der Waals surface area contributed by atoms with Gasteiger partial charge < -0.3 is 18.9 Å². The molecule has 0 aromatic carbocycles. The first-order chi connectivity index (χ1) is 23.1. The molecule has 8 nitrogen and oxygen atoms in total. The SMILES string of the molecule is CCCCC/C=C\CCCCCCCCOCC(COP(=O)(O)OCC[N+](C)(C)C)OC(=O)CCCCCCC/C=C\CCCCCC. The summed E-state index contributed by atoms with van der Waals surface area (Å²) in [7, 11) is 1.66. The van der Waals surface area contributed by atoms with E-state index in [4.69, 9.17) is 18.5 Å². The number of hydrogen-bond acceptors (Lipinski definition) is 6. The number of phosphoric acid groups is 1. The van der Waals surface area contributed by atoms with Crippen LogP contribution < -0.4 is 0 Å². The molecule has 2 unspecified atom stereocenters. The van der Waals surface area contributed by atoms with Crippen molar-refractivity contribution in [2.24, 2.45) is 0 Å². The topological polar surface area (TPSA) is 91.3 Å². The van der Waals surface area contributed by atoms with Gasteiger partial charge in [0.05, 0.1) is 34.4 Å². The zero-order chi connectivity index (χ0) is 35.6. The van der Waals surface area contributed by atoms with Crippen LogP contribution in [0.5, 0.6) is 0 Å². The maximum Gasteiger partial charge on any atom is 0.472 e. The molecule has 0 aliphatic carbocycles. The molecule has 284 valence electrons. The number of carbonyl (C=O) groups is 1. The van der Waals surface area contributed by atoms with Crippen LogP contribution in [-0.2, 0) is 27.9 Å². The Labute approximate surface area is 296 Å². The smallest absolute Gasteiger partial charge is 0.457 e. The number of allylic oxidation sites excluding steroid dienone is 4. The van der Waals surface area contributed by atoms with Crippen molar-refractivity contribution in [1.29, 1.82) is 0 Å². The largest absolute Gasteiger partial charge is 0.472 e. The number of hydrogen-bond donors (Lipinski definition) is 1. The Kier molecular flexibility index (Phi) is 32.4. The van der Waals surface area contributed by atoms with Crippen LogP contribution in [0.15, 0.2) is 24.3 Å². The number of rotatable bonds is 36. The highest BCUT2D eigenvalue weighted by molar-refractivity contribution is 7.47. The van der Waals surface area contributed by atoms with Crippen LogP contribution in [0.1, 0.15) is 162 Å². The van der Waals surface area contributed by atoms with Gasteiger partial charge in [0.2, 0.25) is 0 Å². The van der Waals surface area contributed by atoms with Gasteiger partial charge in [-0.1, -0.05) is 115 Å². The van der Waals surface area contributed by atoms with Gasteiger partial charge in [0.25, 0.3) is 0 Å². The predicted molar refractivity (Wildman–Crippen MR) is 201 cm³/mol. The molecule has 0 amide bonds. The van der Waals surface area contributed by atoms with Gasteiger partial charge in [0.15, 0.2) is 0 Å². The van der Waals surface area contributed by atoms with Gasteiger partial charge in [-0.25, -0.2) is 4.57 Å². The van der Waals surface area contributed by atoms with Crippen LogP contribution in [0.3, 0.4) is 0 Å². The van der Waals surface area contributed by atoms with Gasteiger partial charge in [0, 0.05) is 13.0 Å². The summed E-state index contributed by atoms with van der Waals surface area (Å²) in [5.74, 6) is -0.326. The fraction of sp³-hybridized carbons (Fsp3) is 0.872. The molecule has 1 N–H and O–H groups in total. The molecule has 0 spiro atoms. The van der Waals surface area contributed by atoms with Gasteiger partial charge in [-0.2, -0.15) is 0 Å². The Morgan fingerprint density at radius 1 is 0.625 bits per heavy atom. The minimum Gasteiger partial charge on any atom is -0.457 e. The van der Waals surface area contributed by atoms with E-state index >= 15 is 0 Å². The molecule has 0 bridgehead atoms. The second-order valence-corrected chi connectivity index (χ2v) is 15.8. The summed E-state index contributed by atoms with van der Waals surface area (Å²) >= 11 is 0. The van der Waals surface area contributed by atoms with E-state index in [0.717, 1.165) is 44.9 Å². The van der Waals surface area contributed by atoms with Gasteiger partial charge in [-0.15, -0.1) is 0 Å². The van der Waals surface area contributed by atoms with E-state index in [1.54, 1.807) is 0 Å². The molecule has 0 aliphatic rings. The van der Waals surface area contributed by atoms with E-state index in [0.29, 0.717) is 24.1 Å². The quantitative estimate of drug-likeness (QED) is 0.0228. The lowest BCUT2D eigenvalue weighted by molar-refractivity contribution is -0.870. The molecule has 0 rings (SSSR count). The zero-order valence-corrected chi connectivity index (χ0v) is 32.9. The van der Waals surface area contributed by atoms with E-state index < -0.39 is 13.9 Å². The summed E-state index contributed by atoms with van der Waals surface area (Å²) in [6.45, 7) is 5.56. The van der Waals surface area contributed by atoms with Crippen LogP contribution in [0, 0.1) is 0 Å². The van der Waals surface area contributed by atoms with E-state index in [1.165, 1.54) is 96.3 Å². The number of phosphoric ester groups is 1. The average Bonchev–Trinajstić information content (AvgIpc) is 3.03. The van der Waals surface area contributed by atoms with Gasteiger partial charge in [0.1, 0.15) is 19.3 Å².